The first-order valence-corrected chi connectivity index (χ1v) is 15.8. The molecule has 5 heterocycles. The number of hydrogen-bond donors (Lipinski definition) is 1. The van der Waals surface area contributed by atoms with Crippen LogP contribution in [-0.4, -0.2) is 87.0 Å². The second-order valence-electron chi connectivity index (χ2n) is 11.8. The Morgan fingerprint density at radius 2 is 1.89 bits per heavy atom. The molecule has 0 saturated carbocycles. The van der Waals surface area contributed by atoms with Gasteiger partial charge in [-0.25, -0.2) is 14.4 Å². The van der Waals surface area contributed by atoms with Crippen LogP contribution in [0.15, 0.2) is 61.7 Å². The summed E-state index contributed by atoms with van der Waals surface area (Å²) in [6.45, 7) is 8.44. The van der Waals surface area contributed by atoms with E-state index in [0.717, 1.165) is 61.2 Å². The maximum Gasteiger partial charge on any atom is 0.245 e. The summed E-state index contributed by atoms with van der Waals surface area (Å²) in [4.78, 5) is 25.5. The van der Waals surface area contributed by atoms with Crippen LogP contribution in [0, 0.1) is 5.82 Å². The third-order valence-electron chi connectivity index (χ3n) is 9.03. The number of piperidine rings is 1. The molecule has 3 fully saturated rings. The molecule has 2 aromatic carbocycles. The molecule has 3 aliphatic heterocycles. The molecule has 0 radical (unpaired) electrons. The lowest BCUT2D eigenvalue weighted by Gasteiger charge is -2.45. The zero-order valence-corrected chi connectivity index (χ0v) is 25.6. The Hall–Kier alpha value is -4.06. The van der Waals surface area contributed by atoms with Gasteiger partial charge in [-0.2, -0.15) is 5.10 Å². The van der Waals surface area contributed by atoms with Gasteiger partial charge in [0.15, 0.2) is 0 Å². The molecule has 0 aliphatic carbocycles. The fourth-order valence-corrected chi connectivity index (χ4v) is 6.58. The summed E-state index contributed by atoms with van der Waals surface area (Å²) in [5, 5.41) is 8.78. The number of aromatic nitrogens is 4. The van der Waals surface area contributed by atoms with Crippen molar-refractivity contribution >= 4 is 39.9 Å². The van der Waals surface area contributed by atoms with Crippen LogP contribution in [-0.2, 0) is 9.53 Å². The molecule has 0 unspecified atom stereocenters. The first-order valence-electron chi connectivity index (χ1n) is 15.4. The van der Waals surface area contributed by atoms with E-state index in [1.165, 1.54) is 24.5 Å². The lowest BCUT2D eigenvalue weighted by Crippen LogP contribution is -2.54. The summed E-state index contributed by atoms with van der Waals surface area (Å²) in [6.07, 6.45) is 10.3. The minimum atomic E-state index is -0.491. The number of carbonyl (C=O) groups excluding carboxylic acids is 1. The largest absolute Gasteiger partial charge is 0.490 e. The van der Waals surface area contributed by atoms with Gasteiger partial charge >= 0.3 is 0 Å². The summed E-state index contributed by atoms with van der Waals surface area (Å²) in [7, 11) is 0. The number of benzene rings is 2. The van der Waals surface area contributed by atoms with Gasteiger partial charge in [0, 0.05) is 86.7 Å². The maximum absolute atomic E-state index is 13.8. The van der Waals surface area contributed by atoms with Gasteiger partial charge in [0.05, 0.1) is 22.8 Å². The van der Waals surface area contributed by atoms with Crippen molar-refractivity contribution in [2.75, 3.05) is 44.7 Å². The molecule has 4 aromatic rings. The average molecular weight is 632 g/mol. The number of amides is 1. The van der Waals surface area contributed by atoms with Crippen molar-refractivity contribution < 1.29 is 18.7 Å². The first-order chi connectivity index (χ1) is 21.9. The fourth-order valence-electron chi connectivity index (χ4n) is 6.40. The van der Waals surface area contributed by atoms with Crippen LogP contribution in [0.25, 0.3) is 22.0 Å². The number of nitrogens with one attached hydrogen (secondary N) is 1. The van der Waals surface area contributed by atoms with Crippen molar-refractivity contribution in [3.05, 3.63) is 72.5 Å². The Labute approximate surface area is 265 Å². The molecule has 234 valence electrons. The Bertz CT molecular complexity index is 1710. The zero-order chi connectivity index (χ0) is 30.9. The van der Waals surface area contributed by atoms with Crippen LogP contribution in [0.1, 0.15) is 31.7 Å². The molecule has 1 N–H and O–H groups in total. The third kappa shape index (κ3) is 6.25. The molecule has 0 atom stereocenters. The molecular formula is C33H35ClFN7O3. The Balaban J connectivity index is 1.18. The summed E-state index contributed by atoms with van der Waals surface area (Å²) in [5.41, 5.74) is 3.14. The van der Waals surface area contributed by atoms with Crippen molar-refractivity contribution in [3.63, 3.8) is 0 Å². The number of nitrogens with zero attached hydrogens (tertiary/aromatic N) is 6. The van der Waals surface area contributed by atoms with E-state index in [1.807, 2.05) is 18.3 Å². The number of carbonyl (C=O) groups is 1. The van der Waals surface area contributed by atoms with Gasteiger partial charge < -0.3 is 19.7 Å². The number of likely N-dealkylation sites (tertiary alicyclic amines) is 2. The number of rotatable bonds is 8. The van der Waals surface area contributed by atoms with E-state index in [0.29, 0.717) is 55.3 Å². The summed E-state index contributed by atoms with van der Waals surface area (Å²) < 4.78 is 28.1. The number of ether oxygens (including phenoxy) is 2. The van der Waals surface area contributed by atoms with E-state index in [9.17, 15) is 9.18 Å². The lowest BCUT2D eigenvalue weighted by atomic mass is 10.00. The van der Waals surface area contributed by atoms with E-state index in [1.54, 1.807) is 11.0 Å². The van der Waals surface area contributed by atoms with Gasteiger partial charge in [-0.1, -0.05) is 18.2 Å². The third-order valence-corrected chi connectivity index (χ3v) is 9.31. The van der Waals surface area contributed by atoms with Crippen LogP contribution in [0.5, 0.6) is 5.75 Å². The van der Waals surface area contributed by atoms with Crippen LogP contribution in [0.2, 0.25) is 5.02 Å². The summed E-state index contributed by atoms with van der Waals surface area (Å²) in [6, 6.07) is 9.30. The lowest BCUT2D eigenvalue weighted by molar-refractivity contribution is -0.127. The maximum atomic E-state index is 13.8. The molecule has 7 rings (SSSR count). The van der Waals surface area contributed by atoms with Crippen molar-refractivity contribution in [2.24, 2.45) is 0 Å². The van der Waals surface area contributed by atoms with Gasteiger partial charge in [0.25, 0.3) is 0 Å². The van der Waals surface area contributed by atoms with Crippen molar-refractivity contribution in [3.8, 4) is 16.9 Å². The quantitative estimate of drug-likeness (QED) is 0.250. The smallest absolute Gasteiger partial charge is 0.245 e. The van der Waals surface area contributed by atoms with Crippen molar-refractivity contribution in [1.82, 2.24) is 29.5 Å². The van der Waals surface area contributed by atoms with Crippen LogP contribution in [0.4, 0.5) is 15.9 Å². The van der Waals surface area contributed by atoms with Gasteiger partial charge in [0.2, 0.25) is 5.91 Å². The average Bonchev–Trinajstić information content (AvgIpc) is 3.52. The van der Waals surface area contributed by atoms with Gasteiger partial charge in [-0.05, 0) is 49.2 Å². The van der Waals surface area contributed by atoms with Gasteiger partial charge in [0.1, 0.15) is 29.8 Å². The highest BCUT2D eigenvalue weighted by molar-refractivity contribution is 6.31. The van der Waals surface area contributed by atoms with E-state index in [4.69, 9.17) is 26.2 Å². The standard InChI is InChI=1S/C33H35ClFN7O3/c1-2-32(43)40-9-5-25(6-10-40)45-31-15-27-30(36-20-37-33(27)39-22-3-4-29(35)28(34)13-22)14-26(31)21-16-38-42(17-21)24-18-41(19-24)23-7-11-44-12-8-23/h2-4,13-17,20,23-25H,1,5-12,18-19H2,(H,36,37,39). The highest BCUT2D eigenvalue weighted by Crippen LogP contribution is 2.38. The van der Waals surface area contributed by atoms with Crippen LogP contribution >= 0.6 is 11.6 Å². The second kappa shape index (κ2) is 12.7. The first kappa shape index (κ1) is 29.6. The molecule has 3 aliphatic rings. The normalized spacial score (nSPS) is 18.6. The van der Waals surface area contributed by atoms with Crippen molar-refractivity contribution in [1.29, 1.82) is 0 Å². The Morgan fingerprint density at radius 3 is 2.64 bits per heavy atom. The summed E-state index contributed by atoms with van der Waals surface area (Å²) in [5.74, 6) is 0.675. The number of hydrogen-bond acceptors (Lipinski definition) is 8. The van der Waals surface area contributed by atoms with E-state index < -0.39 is 5.82 Å². The number of fused-ring (bicyclic) bond motifs is 1. The highest BCUT2D eigenvalue weighted by atomic mass is 35.5. The van der Waals surface area contributed by atoms with Crippen LogP contribution in [0.3, 0.4) is 0 Å². The predicted octanol–water partition coefficient (Wildman–Crippen LogP) is 5.62. The van der Waals surface area contributed by atoms with Crippen molar-refractivity contribution in [2.45, 2.75) is 43.9 Å². The summed E-state index contributed by atoms with van der Waals surface area (Å²) >= 11 is 6.03. The molecule has 0 bridgehead atoms. The topological polar surface area (TPSA) is 97.6 Å². The zero-order valence-electron chi connectivity index (χ0n) is 24.9. The molecular weight excluding hydrogens is 597 g/mol. The Morgan fingerprint density at radius 1 is 1.09 bits per heavy atom. The number of anilines is 2. The fraction of sp³-hybridized carbons (Fsp3) is 0.394. The van der Waals surface area contributed by atoms with Crippen LogP contribution < -0.4 is 10.1 Å². The molecule has 0 spiro atoms. The van der Waals surface area contributed by atoms with Gasteiger partial charge in [-0.3, -0.25) is 14.4 Å². The molecule has 12 heteroatoms. The number of halogens is 2. The second-order valence-corrected chi connectivity index (χ2v) is 12.3. The Kier molecular flexibility index (Phi) is 8.39. The minimum Gasteiger partial charge on any atom is -0.490 e. The minimum absolute atomic E-state index is 0.0188. The highest BCUT2D eigenvalue weighted by Gasteiger charge is 2.35. The molecule has 10 nitrogen and oxygen atoms in total. The molecule has 45 heavy (non-hydrogen) atoms. The molecule has 2 aromatic heterocycles. The van der Waals surface area contributed by atoms with E-state index in [-0.39, 0.29) is 17.0 Å². The molecule has 1 amide bonds. The predicted molar refractivity (Wildman–Crippen MR) is 170 cm³/mol. The van der Waals surface area contributed by atoms with E-state index in [2.05, 4.69) is 37.6 Å². The SMILES string of the molecule is C=CC(=O)N1CCC(Oc2cc3c(Nc4ccc(F)c(Cl)c4)ncnc3cc2-c2cnn(C3CN(C4CCOCC4)C3)c2)CC1. The van der Waals surface area contributed by atoms with Gasteiger partial charge in [-0.15, -0.1) is 0 Å². The molecule has 3 saturated heterocycles. The van der Waals surface area contributed by atoms with E-state index >= 15 is 0 Å². The monoisotopic (exact) mass is 631 g/mol.